The number of benzene rings is 1. The molecule has 0 saturated carbocycles. The molecule has 0 fully saturated rings. The molecule has 0 aliphatic heterocycles. The second kappa shape index (κ2) is 8.16. The molecule has 0 saturated heterocycles. The van der Waals surface area contributed by atoms with E-state index in [-0.39, 0.29) is 12.4 Å². The van der Waals surface area contributed by atoms with Crippen LogP contribution in [0.5, 0.6) is 5.75 Å². The van der Waals surface area contributed by atoms with Gasteiger partial charge in [0, 0.05) is 30.9 Å². The zero-order valence-electron chi connectivity index (χ0n) is 12.5. The SMILES string of the molecule is CCNCCNc1cc(Nc2cccc(O)c2)nc(CO)n1. The number of phenols is 1. The van der Waals surface area contributed by atoms with Crippen molar-refractivity contribution in [3.05, 3.63) is 36.2 Å². The van der Waals surface area contributed by atoms with Gasteiger partial charge in [-0.25, -0.2) is 9.97 Å². The van der Waals surface area contributed by atoms with Gasteiger partial charge in [-0.2, -0.15) is 0 Å². The molecule has 2 rings (SSSR count). The second-order valence-electron chi connectivity index (χ2n) is 4.67. The highest BCUT2D eigenvalue weighted by Crippen LogP contribution is 2.20. The van der Waals surface area contributed by atoms with Gasteiger partial charge in [-0.1, -0.05) is 13.0 Å². The van der Waals surface area contributed by atoms with E-state index in [1.54, 1.807) is 24.3 Å². The van der Waals surface area contributed by atoms with Gasteiger partial charge in [0.25, 0.3) is 0 Å². The monoisotopic (exact) mass is 303 g/mol. The number of phenolic OH excluding ortho intramolecular Hbond substituents is 1. The summed E-state index contributed by atoms with van der Waals surface area (Å²) in [4.78, 5) is 8.43. The van der Waals surface area contributed by atoms with Crippen molar-refractivity contribution in [2.45, 2.75) is 13.5 Å². The van der Waals surface area contributed by atoms with Crippen LogP contribution in [-0.2, 0) is 6.61 Å². The normalized spacial score (nSPS) is 10.5. The number of rotatable bonds is 8. The topological polar surface area (TPSA) is 102 Å². The highest BCUT2D eigenvalue weighted by molar-refractivity contribution is 5.60. The zero-order valence-corrected chi connectivity index (χ0v) is 12.5. The first-order valence-electron chi connectivity index (χ1n) is 7.20. The Kier molecular flexibility index (Phi) is 5.93. The van der Waals surface area contributed by atoms with E-state index in [2.05, 4.69) is 25.9 Å². The Hall–Kier alpha value is -2.38. The van der Waals surface area contributed by atoms with E-state index >= 15 is 0 Å². The Balaban J connectivity index is 2.09. The van der Waals surface area contributed by atoms with Crippen LogP contribution in [0.15, 0.2) is 30.3 Å². The van der Waals surface area contributed by atoms with Crippen LogP contribution >= 0.6 is 0 Å². The van der Waals surface area contributed by atoms with Crippen LogP contribution in [0.2, 0.25) is 0 Å². The lowest BCUT2D eigenvalue weighted by atomic mass is 10.3. The predicted octanol–water partition coefficient (Wildman–Crippen LogP) is 1.44. The summed E-state index contributed by atoms with van der Waals surface area (Å²) in [6, 6.07) is 8.51. The molecule has 5 N–H and O–H groups in total. The molecule has 0 aliphatic rings. The third kappa shape index (κ3) is 4.87. The number of hydrogen-bond acceptors (Lipinski definition) is 7. The van der Waals surface area contributed by atoms with Gasteiger partial charge in [0.1, 0.15) is 24.0 Å². The van der Waals surface area contributed by atoms with E-state index in [1.807, 2.05) is 13.0 Å². The maximum atomic E-state index is 9.48. The number of nitrogens with zero attached hydrogens (tertiary/aromatic N) is 2. The van der Waals surface area contributed by atoms with Gasteiger partial charge in [-0.3, -0.25) is 0 Å². The smallest absolute Gasteiger partial charge is 0.158 e. The summed E-state index contributed by atoms with van der Waals surface area (Å²) in [5, 5.41) is 28.2. The van der Waals surface area contributed by atoms with Gasteiger partial charge >= 0.3 is 0 Å². The van der Waals surface area contributed by atoms with Crippen molar-refractivity contribution >= 4 is 17.3 Å². The van der Waals surface area contributed by atoms with Crippen LogP contribution < -0.4 is 16.0 Å². The highest BCUT2D eigenvalue weighted by atomic mass is 16.3. The van der Waals surface area contributed by atoms with Gasteiger partial charge in [0.2, 0.25) is 0 Å². The molecule has 22 heavy (non-hydrogen) atoms. The average Bonchev–Trinajstić information content (AvgIpc) is 2.51. The van der Waals surface area contributed by atoms with Crippen LogP contribution in [0.1, 0.15) is 12.7 Å². The van der Waals surface area contributed by atoms with Gasteiger partial charge in [-0.15, -0.1) is 0 Å². The van der Waals surface area contributed by atoms with Gasteiger partial charge in [0.15, 0.2) is 5.82 Å². The third-order valence-electron chi connectivity index (χ3n) is 2.89. The number of hydrogen-bond donors (Lipinski definition) is 5. The fourth-order valence-corrected chi connectivity index (χ4v) is 1.91. The molecule has 0 bridgehead atoms. The largest absolute Gasteiger partial charge is 0.508 e. The van der Waals surface area contributed by atoms with Crippen molar-refractivity contribution in [2.24, 2.45) is 0 Å². The number of anilines is 3. The molecule has 0 amide bonds. The fourth-order valence-electron chi connectivity index (χ4n) is 1.91. The van der Waals surface area contributed by atoms with E-state index < -0.39 is 0 Å². The standard InChI is InChI=1S/C15H21N5O2/c1-2-16-6-7-17-13-9-14(20-15(10-21)19-13)18-11-4-3-5-12(22)8-11/h3-5,8-9,16,21-22H,2,6-7,10H2,1H3,(H2,17,18,19,20). The minimum absolute atomic E-state index is 0.172. The molecule has 2 aromatic rings. The molecule has 118 valence electrons. The molecule has 0 spiro atoms. The lowest BCUT2D eigenvalue weighted by Gasteiger charge is -2.11. The molecule has 7 heteroatoms. The van der Waals surface area contributed by atoms with Gasteiger partial charge < -0.3 is 26.2 Å². The van der Waals surface area contributed by atoms with Crippen molar-refractivity contribution in [3.8, 4) is 5.75 Å². The highest BCUT2D eigenvalue weighted by Gasteiger charge is 2.05. The molecular weight excluding hydrogens is 282 g/mol. The van der Waals surface area contributed by atoms with E-state index in [0.29, 0.717) is 23.1 Å². The number of aliphatic hydroxyl groups is 1. The second-order valence-corrected chi connectivity index (χ2v) is 4.67. The minimum atomic E-state index is -0.239. The maximum absolute atomic E-state index is 9.48. The van der Waals surface area contributed by atoms with Crippen molar-refractivity contribution in [1.82, 2.24) is 15.3 Å². The molecule has 0 radical (unpaired) electrons. The van der Waals surface area contributed by atoms with E-state index in [1.165, 1.54) is 0 Å². The Morgan fingerprint density at radius 3 is 2.64 bits per heavy atom. The van der Waals surface area contributed by atoms with E-state index in [0.717, 1.165) is 19.6 Å². The first-order chi connectivity index (χ1) is 10.7. The van der Waals surface area contributed by atoms with Gasteiger partial charge in [0.05, 0.1) is 0 Å². The quantitative estimate of drug-likeness (QED) is 0.470. The molecule has 0 atom stereocenters. The van der Waals surface area contributed by atoms with Crippen LogP contribution in [0.25, 0.3) is 0 Å². The number of aromatic hydroxyl groups is 1. The summed E-state index contributed by atoms with van der Waals surface area (Å²) in [5.74, 6) is 1.69. The van der Waals surface area contributed by atoms with Gasteiger partial charge in [-0.05, 0) is 18.7 Å². The lowest BCUT2D eigenvalue weighted by molar-refractivity contribution is 0.271. The number of likely N-dealkylation sites (N-methyl/N-ethyl adjacent to an activating group) is 1. The summed E-state index contributed by atoms with van der Waals surface area (Å²) in [7, 11) is 0. The van der Waals surface area contributed by atoms with Crippen molar-refractivity contribution < 1.29 is 10.2 Å². The van der Waals surface area contributed by atoms with Crippen LogP contribution in [0, 0.1) is 0 Å². The summed E-state index contributed by atoms with van der Waals surface area (Å²) >= 11 is 0. The maximum Gasteiger partial charge on any atom is 0.158 e. The lowest BCUT2D eigenvalue weighted by Crippen LogP contribution is -2.22. The predicted molar refractivity (Wildman–Crippen MR) is 86.4 cm³/mol. The van der Waals surface area contributed by atoms with Crippen molar-refractivity contribution in [3.63, 3.8) is 0 Å². The van der Waals surface area contributed by atoms with E-state index in [9.17, 15) is 10.2 Å². The summed E-state index contributed by atoms with van der Waals surface area (Å²) in [6.07, 6.45) is 0. The number of aromatic nitrogens is 2. The summed E-state index contributed by atoms with van der Waals surface area (Å²) < 4.78 is 0. The van der Waals surface area contributed by atoms with Crippen LogP contribution in [-0.4, -0.2) is 39.8 Å². The van der Waals surface area contributed by atoms with E-state index in [4.69, 9.17) is 0 Å². The van der Waals surface area contributed by atoms with Crippen LogP contribution in [0.4, 0.5) is 17.3 Å². The average molecular weight is 303 g/mol. The molecular formula is C15H21N5O2. The summed E-state index contributed by atoms with van der Waals surface area (Å²) in [6.45, 7) is 4.27. The Morgan fingerprint density at radius 1 is 1.09 bits per heavy atom. The Labute approximate surface area is 129 Å². The number of nitrogens with one attached hydrogen (secondary N) is 3. The molecule has 7 nitrogen and oxygen atoms in total. The molecule has 0 aliphatic carbocycles. The minimum Gasteiger partial charge on any atom is -0.508 e. The molecule has 1 aromatic heterocycles. The number of aliphatic hydroxyl groups excluding tert-OH is 1. The molecule has 1 aromatic carbocycles. The third-order valence-corrected chi connectivity index (χ3v) is 2.89. The Morgan fingerprint density at radius 2 is 1.91 bits per heavy atom. The Bertz CT molecular complexity index is 606. The molecule has 1 heterocycles. The zero-order chi connectivity index (χ0) is 15.8. The fraction of sp³-hybridized carbons (Fsp3) is 0.333. The first-order valence-corrected chi connectivity index (χ1v) is 7.20. The summed E-state index contributed by atoms with van der Waals surface area (Å²) in [5.41, 5.74) is 0.709. The first kappa shape index (κ1) is 16.0. The van der Waals surface area contributed by atoms with Crippen LogP contribution in [0.3, 0.4) is 0 Å². The van der Waals surface area contributed by atoms with Crippen molar-refractivity contribution in [1.29, 1.82) is 0 Å². The van der Waals surface area contributed by atoms with Crippen molar-refractivity contribution in [2.75, 3.05) is 30.3 Å². The molecule has 0 unspecified atom stereocenters.